The van der Waals surface area contributed by atoms with Crippen molar-refractivity contribution in [3.63, 3.8) is 0 Å². The van der Waals surface area contributed by atoms with E-state index in [9.17, 15) is 13.2 Å². The minimum absolute atomic E-state index is 0.148. The molecule has 1 aliphatic heterocycles. The van der Waals surface area contributed by atoms with Crippen LogP contribution in [0.4, 0.5) is 5.69 Å². The number of amides is 1. The maximum absolute atomic E-state index is 13.1. The summed E-state index contributed by atoms with van der Waals surface area (Å²) >= 11 is 0. The molecule has 0 aromatic heterocycles. The topological polar surface area (TPSA) is 84.9 Å². The van der Waals surface area contributed by atoms with Gasteiger partial charge in [0.2, 0.25) is 10.0 Å². The summed E-state index contributed by atoms with van der Waals surface area (Å²) in [5, 5.41) is 2.74. The first kappa shape index (κ1) is 22.6. The lowest BCUT2D eigenvalue weighted by molar-refractivity contribution is -0.118. The predicted octanol–water partition coefficient (Wildman–Crippen LogP) is 3.77. The van der Waals surface area contributed by atoms with Gasteiger partial charge in [-0.15, -0.1) is 0 Å². The van der Waals surface area contributed by atoms with Crippen LogP contribution in [0.15, 0.2) is 41.3 Å². The summed E-state index contributed by atoms with van der Waals surface area (Å²) in [7, 11) is -2.15. The van der Waals surface area contributed by atoms with Gasteiger partial charge in [-0.2, -0.15) is 4.31 Å². The van der Waals surface area contributed by atoms with Crippen molar-refractivity contribution in [1.82, 2.24) is 4.31 Å². The van der Waals surface area contributed by atoms with Crippen LogP contribution in [-0.4, -0.2) is 45.4 Å². The van der Waals surface area contributed by atoms with Crippen LogP contribution in [0.5, 0.6) is 11.5 Å². The fourth-order valence-electron chi connectivity index (χ4n) is 4.35. The number of methoxy groups -OCH3 is 1. The quantitative estimate of drug-likeness (QED) is 0.683. The molecule has 4 rings (SSSR count). The van der Waals surface area contributed by atoms with Crippen LogP contribution >= 0.6 is 0 Å². The number of carbonyl (C=O) groups excluding carboxylic acids is 1. The van der Waals surface area contributed by atoms with E-state index in [2.05, 4.69) is 11.4 Å². The lowest BCUT2D eigenvalue weighted by Gasteiger charge is -2.21. The molecule has 8 heteroatoms. The molecular formula is C24H30N2O5S. The zero-order valence-electron chi connectivity index (χ0n) is 18.4. The molecule has 0 atom stereocenters. The Balaban J connectivity index is 1.45. The molecule has 0 spiro atoms. The Bertz CT molecular complexity index is 1080. The molecule has 1 N–H and O–H groups in total. The van der Waals surface area contributed by atoms with Crippen molar-refractivity contribution in [3.8, 4) is 11.5 Å². The highest BCUT2D eigenvalue weighted by Gasteiger charge is 2.26. The van der Waals surface area contributed by atoms with E-state index in [1.807, 2.05) is 12.1 Å². The van der Waals surface area contributed by atoms with Gasteiger partial charge in [-0.3, -0.25) is 4.79 Å². The minimum Gasteiger partial charge on any atom is -0.495 e. The molecule has 0 saturated carbocycles. The number of anilines is 1. The van der Waals surface area contributed by atoms with Gasteiger partial charge in [-0.05, 0) is 73.6 Å². The van der Waals surface area contributed by atoms with Gasteiger partial charge in [-0.1, -0.05) is 18.9 Å². The van der Waals surface area contributed by atoms with Crippen LogP contribution in [0.1, 0.15) is 43.2 Å². The molecule has 172 valence electrons. The van der Waals surface area contributed by atoms with Crippen LogP contribution < -0.4 is 14.8 Å². The third-order valence-corrected chi connectivity index (χ3v) is 7.98. The van der Waals surface area contributed by atoms with Crippen molar-refractivity contribution < 1.29 is 22.7 Å². The summed E-state index contributed by atoms with van der Waals surface area (Å²) in [5.41, 5.74) is 2.93. The van der Waals surface area contributed by atoms with Gasteiger partial charge in [-0.25, -0.2) is 8.42 Å². The molecule has 0 bridgehead atoms. The second-order valence-corrected chi connectivity index (χ2v) is 10.2. The monoisotopic (exact) mass is 458 g/mol. The summed E-state index contributed by atoms with van der Waals surface area (Å²) in [6.07, 6.45) is 7.08. The maximum atomic E-state index is 13.1. The van der Waals surface area contributed by atoms with E-state index in [0.717, 1.165) is 44.9 Å². The van der Waals surface area contributed by atoms with Crippen LogP contribution in [0, 0.1) is 0 Å². The molecule has 2 aliphatic rings. The SMILES string of the molecule is COc1ccc(S(=O)(=O)N2CCCCCC2)cc1NC(=O)COc1ccc2c(c1)CCC2. The molecule has 2 aromatic rings. The highest BCUT2D eigenvalue weighted by atomic mass is 32.2. The van der Waals surface area contributed by atoms with Crippen LogP contribution in [0.25, 0.3) is 0 Å². The van der Waals surface area contributed by atoms with Crippen molar-refractivity contribution in [2.24, 2.45) is 0 Å². The van der Waals surface area contributed by atoms with E-state index in [4.69, 9.17) is 9.47 Å². The van der Waals surface area contributed by atoms with Gasteiger partial charge >= 0.3 is 0 Å². The fourth-order valence-corrected chi connectivity index (χ4v) is 5.89. The van der Waals surface area contributed by atoms with Crippen molar-refractivity contribution >= 4 is 21.6 Å². The Labute approximate surface area is 189 Å². The third kappa shape index (κ3) is 5.07. The second kappa shape index (κ2) is 9.92. The summed E-state index contributed by atoms with van der Waals surface area (Å²) in [5.74, 6) is 0.670. The number of hydrogen-bond donors (Lipinski definition) is 1. The van der Waals surface area contributed by atoms with Crippen LogP contribution in [-0.2, 0) is 27.7 Å². The molecule has 1 heterocycles. The third-order valence-electron chi connectivity index (χ3n) is 6.09. The normalized spacial score (nSPS) is 16.8. The average Bonchev–Trinajstić information content (AvgIpc) is 3.08. The van der Waals surface area contributed by atoms with Gasteiger partial charge in [0.25, 0.3) is 5.91 Å². The number of nitrogens with zero attached hydrogens (tertiary/aromatic N) is 1. The summed E-state index contributed by atoms with van der Waals surface area (Å²) in [6.45, 7) is 0.861. The molecular weight excluding hydrogens is 428 g/mol. The van der Waals surface area contributed by atoms with Crippen molar-refractivity contribution in [2.45, 2.75) is 49.8 Å². The number of sulfonamides is 1. The number of ether oxygens (including phenoxy) is 2. The lowest BCUT2D eigenvalue weighted by atomic mass is 10.1. The molecule has 0 radical (unpaired) electrons. The zero-order chi connectivity index (χ0) is 22.6. The van der Waals surface area contributed by atoms with E-state index in [1.165, 1.54) is 34.7 Å². The minimum atomic E-state index is -3.63. The maximum Gasteiger partial charge on any atom is 0.262 e. The van der Waals surface area contributed by atoms with Gasteiger partial charge in [0.05, 0.1) is 17.7 Å². The van der Waals surface area contributed by atoms with E-state index < -0.39 is 10.0 Å². The number of nitrogens with one attached hydrogen (secondary N) is 1. The molecule has 0 unspecified atom stereocenters. The Morgan fingerprint density at radius 1 is 0.969 bits per heavy atom. The second-order valence-electron chi connectivity index (χ2n) is 8.30. The number of rotatable bonds is 7. The zero-order valence-corrected chi connectivity index (χ0v) is 19.2. The summed E-state index contributed by atoms with van der Waals surface area (Å²) in [4.78, 5) is 12.7. The number of aryl methyl sites for hydroxylation is 2. The number of benzene rings is 2. The molecule has 1 fully saturated rings. The van der Waals surface area contributed by atoms with E-state index in [1.54, 1.807) is 6.07 Å². The Morgan fingerprint density at radius 3 is 2.47 bits per heavy atom. The summed E-state index contributed by atoms with van der Waals surface area (Å²) < 4.78 is 38.8. The first-order valence-corrected chi connectivity index (χ1v) is 12.6. The van der Waals surface area contributed by atoms with E-state index in [0.29, 0.717) is 30.3 Å². The summed E-state index contributed by atoms with van der Waals surface area (Å²) in [6, 6.07) is 10.5. The molecule has 1 saturated heterocycles. The van der Waals surface area contributed by atoms with Gasteiger partial charge in [0, 0.05) is 13.1 Å². The number of hydrogen-bond acceptors (Lipinski definition) is 5. The highest BCUT2D eigenvalue weighted by molar-refractivity contribution is 7.89. The van der Waals surface area contributed by atoms with E-state index >= 15 is 0 Å². The van der Waals surface area contributed by atoms with Crippen molar-refractivity contribution in [3.05, 3.63) is 47.5 Å². The van der Waals surface area contributed by atoms with E-state index in [-0.39, 0.29) is 17.4 Å². The first-order chi connectivity index (χ1) is 15.5. The van der Waals surface area contributed by atoms with Gasteiger partial charge < -0.3 is 14.8 Å². The van der Waals surface area contributed by atoms with Crippen molar-refractivity contribution in [2.75, 3.05) is 32.1 Å². The fraction of sp³-hybridized carbons (Fsp3) is 0.458. The highest BCUT2D eigenvalue weighted by Crippen LogP contribution is 2.30. The number of fused-ring (bicyclic) bond motifs is 1. The largest absolute Gasteiger partial charge is 0.495 e. The Morgan fingerprint density at radius 2 is 1.72 bits per heavy atom. The average molecular weight is 459 g/mol. The van der Waals surface area contributed by atoms with Gasteiger partial charge in [0.1, 0.15) is 11.5 Å². The lowest BCUT2D eigenvalue weighted by Crippen LogP contribution is -2.32. The standard InChI is InChI=1S/C24H30N2O5S/c1-30-23-12-11-21(32(28,29)26-13-4-2-3-5-14-26)16-22(23)25-24(27)17-31-20-10-9-18-7-6-8-19(18)15-20/h9-12,15-16H,2-8,13-14,17H2,1H3,(H,25,27). The molecule has 1 amide bonds. The Hall–Kier alpha value is -2.58. The molecule has 7 nitrogen and oxygen atoms in total. The van der Waals surface area contributed by atoms with Crippen molar-refractivity contribution in [1.29, 1.82) is 0 Å². The number of carbonyl (C=O) groups is 1. The van der Waals surface area contributed by atoms with Crippen LogP contribution in [0.3, 0.4) is 0 Å². The van der Waals surface area contributed by atoms with Gasteiger partial charge in [0.15, 0.2) is 6.61 Å². The predicted molar refractivity (Wildman–Crippen MR) is 123 cm³/mol. The van der Waals surface area contributed by atoms with Crippen LogP contribution in [0.2, 0.25) is 0 Å². The molecule has 32 heavy (non-hydrogen) atoms. The first-order valence-electron chi connectivity index (χ1n) is 11.2. The molecule has 1 aliphatic carbocycles. The molecule has 2 aromatic carbocycles. The Kier molecular flexibility index (Phi) is 7.01. The smallest absolute Gasteiger partial charge is 0.262 e.